The molecule has 0 spiro atoms. The first-order chi connectivity index (χ1) is 9.47. The lowest BCUT2D eigenvalue weighted by atomic mass is 10.1. The van der Waals surface area contributed by atoms with Gasteiger partial charge in [-0.15, -0.1) is 0 Å². The zero-order valence-electron chi connectivity index (χ0n) is 12.1. The SMILES string of the molecule is CCOC(=O)C(C)(C)Nc1cc2c(cc1OC)OCO2. The molecule has 0 radical (unpaired) electrons. The Kier molecular flexibility index (Phi) is 3.92. The van der Waals surface area contributed by atoms with Crippen LogP contribution < -0.4 is 19.5 Å². The van der Waals surface area contributed by atoms with E-state index in [1.807, 2.05) is 0 Å². The maximum atomic E-state index is 11.9. The number of hydrogen-bond acceptors (Lipinski definition) is 6. The number of ether oxygens (including phenoxy) is 4. The minimum Gasteiger partial charge on any atom is -0.494 e. The Labute approximate surface area is 118 Å². The maximum Gasteiger partial charge on any atom is 0.331 e. The van der Waals surface area contributed by atoms with Crippen LogP contribution in [0.2, 0.25) is 0 Å². The second-order valence-electron chi connectivity index (χ2n) is 4.88. The summed E-state index contributed by atoms with van der Waals surface area (Å²) in [5.74, 6) is 1.49. The van der Waals surface area contributed by atoms with Gasteiger partial charge < -0.3 is 24.3 Å². The second-order valence-corrected chi connectivity index (χ2v) is 4.88. The summed E-state index contributed by atoms with van der Waals surface area (Å²) in [7, 11) is 1.56. The molecule has 6 nitrogen and oxygen atoms in total. The number of anilines is 1. The van der Waals surface area contributed by atoms with E-state index in [0.29, 0.717) is 29.5 Å². The largest absolute Gasteiger partial charge is 0.494 e. The molecule has 0 atom stereocenters. The Morgan fingerprint density at radius 1 is 1.35 bits per heavy atom. The van der Waals surface area contributed by atoms with E-state index < -0.39 is 5.54 Å². The quantitative estimate of drug-likeness (QED) is 0.834. The van der Waals surface area contributed by atoms with Crippen molar-refractivity contribution < 1.29 is 23.7 Å². The summed E-state index contributed by atoms with van der Waals surface area (Å²) in [6.45, 7) is 5.78. The molecule has 0 amide bonds. The average molecular weight is 281 g/mol. The Hall–Kier alpha value is -2.11. The van der Waals surface area contributed by atoms with E-state index >= 15 is 0 Å². The number of carbonyl (C=O) groups excluding carboxylic acids is 1. The minimum atomic E-state index is -0.878. The van der Waals surface area contributed by atoms with Crippen molar-refractivity contribution in [1.29, 1.82) is 0 Å². The predicted octanol–water partition coefficient (Wildman–Crippen LogP) is 2.18. The van der Waals surface area contributed by atoms with Gasteiger partial charge in [0.2, 0.25) is 6.79 Å². The van der Waals surface area contributed by atoms with Crippen LogP contribution in [0.15, 0.2) is 12.1 Å². The first-order valence-electron chi connectivity index (χ1n) is 6.41. The molecule has 1 aliphatic heterocycles. The third-order valence-corrected chi connectivity index (χ3v) is 2.93. The third-order valence-electron chi connectivity index (χ3n) is 2.93. The van der Waals surface area contributed by atoms with Crippen LogP contribution in [0.25, 0.3) is 0 Å². The zero-order valence-corrected chi connectivity index (χ0v) is 12.1. The van der Waals surface area contributed by atoms with Gasteiger partial charge in [0, 0.05) is 12.1 Å². The van der Waals surface area contributed by atoms with Crippen LogP contribution in [-0.2, 0) is 9.53 Å². The van der Waals surface area contributed by atoms with Crippen molar-refractivity contribution in [2.24, 2.45) is 0 Å². The summed E-state index contributed by atoms with van der Waals surface area (Å²) >= 11 is 0. The molecule has 0 saturated heterocycles. The first kappa shape index (κ1) is 14.3. The van der Waals surface area contributed by atoms with Gasteiger partial charge in [-0.05, 0) is 20.8 Å². The number of rotatable bonds is 5. The van der Waals surface area contributed by atoms with Gasteiger partial charge in [0.05, 0.1) is 19.4 Å². The number of carbonyl (C=O) groups is 1. The van der Waals surface area contributed by atoms with E-state index in [-0.39, 0.29) is 12.8 Å². The molecule has 1 aromatic rings. The van der Waals surface area contributed by atoms with E-state index in [1.165, 1.54) is 0 Å². The number of hydrogen-bond donors (Lipinski definition) is 1. The van der Waals surface area contributed by atoms with E-state index in [9.17, 15) is 4.79 Å². The van der Waals surface area contributed by atoms with Gasteiger partial charge in [-0.2, -0.15) is 0 Å². The van der Waals surface area contributed by atoms with Crippen molar-refractivity contribution in [1.82, 2.24) is 0 Å². The van der Waals surface area contributed by atoms with E-state index in [0.717, 1.165) is 0 Å². The van der Waals surface area contributed by atoms with Crippen molar-refractivity contribution in [3.63, 3.8) is 0 Å². The normalized spacial score (nSPS) is 13.0. The third kappa shape index (κ3) is 2.74. The fourth-order valence-corrected chi connectivity index (χ4v) is 1.89. The van der Waals surface area contributed by atoms with Gasteiger partial charge >= 0.3 is 5.97 Å². The van der Waals surface area contributed by atoms with Gasteiger partial charge in [0.15, 0.2) is 11.5 Å². The van der Waals surface area contributed by atoms with Crippen molar-refractivity contribution in [2.75, 3.05) is 25.8 Å². The number of benzene rings is 1. The molecule has 0 aromatic heterocycles. The highest BCUT2D eigenvalue weighted by Gasteiger charge is 2.31. The lowest BCUT2D eigenvalue weighted by Crippen LogP contribution is -2.41. The highest BCUT2D eigenvalue weighted by Crippen LogP contribution is 2.41. The molecule has 1 aromatic carbocycles. The number of nitrogens with one attached hydrogen (secondary N) is 1. The Balaban J connectivity index is 2.26. The topological polar surface area (TPSA) is 66.0 Å². The lowest BCUT2D eigenvalue weighted by Gasteiger charge is -2.26. The predicted molar refractivity (Wildman–Crippen MR) is 73.5 cm³/mol. The molecule has 0 fully saturated rings. The first-order valence-corrected chi connectivity index (χ1v) is 6.41. The second kappa shape index (κ2) is 5.48. The summed E-state index contributed by atoms with van der Waals surface area (Å²) in [6.07, 6.45) is 0. The zero-order chi connectivity index (χ0) is 14.8. The molecule has 1 heterocycles. The molecule has 0 bridgehead atoms. The van der Waals surface area contributed by atoms with Crippen molar-refractivity contribution in [3.8, 4) is 17.2 Å². The smallest absolute Gasteiger partial charge is 0.331 e. The average Bonchev–Trinajstić information content (AvgIpc) is 2.84. The van der Waals surface area contributed by atoms with E-state index in [2.05, 4.69) is 5.32 Å². The molecule has 2 rings (SSSR count). The van der Waals surface area contributed by atoms with Gasteiger partial charge in [0.25, 0.3) is 0 Å². The van der Waals surface area contributed by atoms with Gasteiger partial charge in [-0.1, -0.05) is 0 Å². The Morgan fingerprint density at radius 2 is 2.00 bits per heavy atom. The molecule has 0 unspecified atom stereocenters. The standard InChI is InChI=1S/C14H19NO5/c1-5-18-13(16)14(2,3)15-9-6-11-12(20-8-19-11)7-10(9)17-4/h6-7,15H,5,8H2,1-4H3. The highest BCUT2D eigenvalue weighted by molar-refractivity contribution is 5.84. The molecule has 110 valence electrons. The van der Waals surface area contributed by atoms with Crippen molar-refractivity contribution >= 4 is 11.7 Å². The fourth-order valence-electron chi connectivity index (χ4n) is 1.89. The molecule has 20 heavy (non-hydrogen) atoms. The van der Waals surface area contributed by atoms with Crippen LogP contribution in [0.5, 0.6) is 17.2 Å². The fraction of sp³-hybridized carbons (Fsp3) is 0.500. The molecule has 0 aliphatic carbocycles. The Bertz CT molecular complexity index is 513. The van der Waals surface area contributed by atoms with Crippen LogP contribution in [0, 0.1) is 0 Å². The van der Waals surface area contributed by atoms with Crippen LogP contribution in [0.3, 0.4) is 0 Å². The van der Waals surface area contributed by atoms with Crippen molar-refractivity contribution in [2.45, 2.75) is 26.3 Å². The number of methoxy groups -OCH3 is 1. The maximum absolute atomic E-state index is 11.9. The summed E-state index contributed by atoms with van der Waals surface area (Å²) in [5.41, 5.74) is -0.230. The molecule has 1 aliphatic rings. The van der Waals surface area contributed by atoms with Gasteiger partial charge in [0.1, 0.15) is 11.3 Å². The molecule has 0 saturated carbocycles. The molecular formula is C14H19NO5. The van der Waals surface area contributed by atoms with E-state index in [1.54, 1.807) is 40.0 Å². The minimum absolute atomic E-state index is 0.184. The molecule has 6 heteroatoms. The van der Waals surface area contributed by atoms with Crippen LogP contribution >= 0.6 is 0 Å². The monoisotopic (exact) mass is 281 g/mol. The highest BCUT2D eigenvalue weighted by atomic mass is 16.7. The lowest BCUT2D eigenvalue weighted by molar-refractivity contribution is -0.147. The molecular weight excluding hydrogens is 262 g/mol. The van der Waals surface area contributed by atoms with Gasteiger partial charge in [-0.3, -0.25) is 0 Å². The van der Waals surface area contributed by atoms with Crippen LogP contribution in [0.4, 0.5) is 5.69 Å². The number of fused-ring (bicyclic) bond motifs is 1. The summed E-state index contributed by atoms with van der Waals surface area (Å²) in [5, 5.41) is 3.12. The summed E-state index contributed by atoms with van der Waals surface area (Å²) in [6, 6.07) is 3.48. The van der Waals surface area contributed by atoms with E-state index in [4.69, 9.17) is 18.9 Å². The summed E-state index contributed by atoms with van der Waals surface area (Å²) in [4.78, 5) is 11.9. The van der Waals surface area contributed by atoms with Gasteiger partial charge in [-0.25, -0.2) is 4.79 Å². The summed E-state index contributed by atoms with van der Waals surface area (Å²) < 4.78 is 21.0. The molecule has 1 N–H and O–H groups in total. The Morgan fingerprint density at radius 3 is 2.60 bits per heavy atom. The number of esters is 1. The van der Waals surface area contributed by atoms with Crippen molar-refractivity contribution in [3.05, 3.63) is 12.1 Å². The van der Waals surface area contributed by atoms with Crippen LogP contribution in [0.1, 0.15) is 20.8 Å². The van der Waals surface area contributed by atoms with Crippen LogP contribution in [-0.4, -0.2) is 32.0 Å².